The molecule has 0 aliphatic heterocycles. The Hall–Kier alpha value is -0.860. The lowest BCUT2D eigenvalue weighted by atomic mass is 10.3. The second-order valence-corrected chi connectivity index (χ2v) is 3.09. The van der Waals surface area contributed by atoms with Gasteiger partial charge in [0.15, 0.2) is 11.9 Å². The molecule has 1 fully saturated rings. The van der Waals surface area contributed by atoms with Crippen molar-refractivity contribution < 1.29 is 14.3 Å². The number of esters is 1. The van der Waals surface area contributed by atoms with Crippen molar-refractivity contribution in [1.29, 1.82) is 0 Å². The molecule has 0 saturated heterocycles. The minimum atomic E-state index is -0.427. The van der Waals surface area contributed by atoms with Gasteiger partial charge < -0.3 is 4.74 Å². The van der Waals surface area contributed by atoms with E-state index in [-0.39, 0.29) is 11.8 Å². The van der Waals surface area contributed by atoms with E-state index < -0.39 is 6.10 Å². The van der Waals surface area contributed by atoms with Crippen molar-refractivity contribution in [3.63, 3.8) is 0 Å². The van der Waals surface area contributed by atoms with Crippen LogP contribution in [-0.4, -0.2) is 17.9 Å². The predicted molar refractivity (Wildman–Crippen MR) is 43.6 cm³/mol. The van der Waals surface area contributed by atoms with Crippen LogP contribution in [0.2, 0.25) is 0 Å². The Morgan fingerprint density at radius 3 is 2.92 bits per heavy atom. The molecule has 0 heterocycles. The number of hydrogen-bond acceptors (Lipinski definition) is 3. The van der Waals surface area contributed by atoms with Crippen molar-refractivity contribution >= 4 is 11.8 Å². The zero-order valence-corrected chi connectivity index (χ0v) is 7.34. The Bertz CT molecular complexity index is 186. The van der Waals surface area contributed by atoms with Gasteiger partial charge >= 0.3 is 5.97 Å². The molecule has 1 rings (SSSR count). The van der Waals surface area contributed by atoms with Gasteiger partial charge in [-0.15, -0.1) is 0 Å². The molecule has 0 amide bonds. The van der Waals surface area contributed by atoms with Crippen molar-refractivity contribution in [3.8, 4) is 0 Å². The Labute approximate surface area is 72.1 Å². The van der Waals surface area contributed by atoms with E-state index in [0.717, 1.165) is 12.8 Å². The molecular weight excluding hydrogens is 156 g/mol. The Kier molecular flexibility index (Phi) is 3.26. The highest BCUT2D eigenvalue weighted by Gasteiger charge is 2.27. The van der Waals surface area contributed by atoms with Gasteiger partial charge in [0.25, 0.3) is 0 Å². The van der Waals surface area contributed by atoms with Crippen LogP contribution in [-0.2, 0) is 14.3 Å². The fourth-order valence-corrected chi connectivity index (χ4v) is 1.33. The standard InChI is InChI=1S/C9H14O3/c1-2-4-9(11)12-8-6-3-5-7(8)10/h8H,2-6H2,1H3. The van der Waals surface area contributed by atoms with Gasteiger partial charge in [-0.2, -0.15) is 0 Å². The van der Waals surface area contributed by atoms with Gasteiger partial charge in [0, 0.05) is 12.8 Å². The average molecular weight is 170 g/mol. The maximum Gasteiger partial charge on any atom is 0.306 e. The zero-order chi connectivity index (χ0) is 8.97. The molecule has 1 aliphatic rings. The van der Waals surface area contributed by atoms with Crippen LogP contribution in [0.15, 0.2) is 0 Å². The number of ether oxygens (including phenoxy) is 1. The molecule has 3 nitrogen and oxygen atoms in total. The monoisotopic (exact) mass is 170 g/mol. The average Bonchev–Trinajstić information content (AvgIpc) is 2.37. The van der Waals surface area contributed by atoms with Gasteiger partial charge in [0.2, 0.25) is 0 Å². The molecule has 1 unspecified atom stereocenters. The first-order chi connectivity index (χ1) is 5.74. The molecule has 1 aliphatic carbocycles. The lowest BCUT2D eigenvalue weighted by Crippen LogP contribution is -2.21. The normalized spacial score (nSPS) is 22.8. The first kappa shape index (κ1) is 9.23. The zero-order valence-electron chi connectivity index (χ0n) is 7.34. The van der Waals surface area contributed by atoms with Crippen LogP contribution in [0.3, 0.4) is 0 Å². The number of Topliss-reactive ketones (excluding diaryl/α,β-unsaturated/α-hetero) is 1. The first-order valence-corrected chi connectivity index (χ1v) is 4.46. The number of carbonyl (C=O) groups excluding carboxylic acids is 2. The fourth-order valence-electron chi connectivity index (χ4n) is 1.33. The topological polar surface area (TPSA) is 43.4 Å². The van der Waals surface area contributed by atoms with Crippen LogP contribution in [0, 0.1) is 0 Å². The molecule has 0 bridgehead atoms. The molecule has 3 heteroatoms. The molecule has 1 atom stereocenters. The summed E-state index contributed by atoms with van der Waals surface area (Å²) in [7, 11) is 0. The summed E-state index contributed by atoms with van der Waals surface area (Å²) < 4.78 is 4.98. The maximum absolute atomic E-state index is 11.0. The molecule has 68 valence electrons. The maximum atomic E-state index is 11.0. The lowest BCUT2D eigenvalue weighted by Gasteiger charge is -2.08. The summed E-state index contributed by atoms with van der Waals surface area (Å²) in [6.07, 6.45) is 2.93. The summed E-state index contributed by atoms with van der Waals surface area (Å²) in [6.45, 7) is 1.91. The smallest absolute Gasteiger partial charge is 0.306 e. The number of ketones is 1. The molecular formula is C9H14O3. The van der Waals surface area contributed by atoms with Crippen LogP contribution in [0.4, 0.5) is 0 Å². The second kappa shape index (κ2) is 4.24. The Morgan fingerprint density at radius 2 is 2.42 bits per heavy atom. The van der Waals surface area contributed by atoms with Gasteiger partial charge in [0.1, 0.15) is 0 Å². The van der Waals surface area contributed by atoms with Crippen LogP contribution < -0.4 is 0 Å². The van der Waals surface area contributed by atoms with Gasteiger partial charge in [0.05, 0.1) is 0 Å². The number of hydrogen-bond donors (Lipinski definition) is 0. The molecule has 0 spiro atoms. The van der Waals surface area contributed by atoms with Crippen molar-refractivity contribution in [2.45, 2.75) is 45.1 Å². The highest BCUT2D eigenvalue weighted by molar-refractivity contribution is 5.87. The molecule has 0 radical (unpaired) electrons. The molecule has 0 aromatic rings. The predicted octanol–water partition coefficient (Wildman–Crippen LogP) is 1.45. The number of rotatable bonds is 3. The van der Waals surface area contributed by atoms with Gasteiger partial charge in [-0.05, 0) is 19.3 Å². The summed E-state index contributed by atoms with van der Waals surface area (Å²) >= 11 is 0. The highest BCUT2D eigenvalue weighted by Crippen LogP contribution is 2.18. The van der Waals surface area contributed by atoms with Crippen molar-refractivity contribution in [2.24, 2.45) is 0 Å². The van der Waals surface area contributed by atoms with Gasteiger partial charge in [-0.3, -0.25) is 9.59 Å². The van der Waals surface area contributed by atoms with Gasteiger partial charge in [-0.1, -0.05) is 6.92 Å². The molecule has 1 saturated carbocycles. The van der Waals surface area contributed by atoms with Crippen molar-refractivity contribution in [1.82, 2.24) is 0 Å². The van der Waals surface area contributed by atoms with E-state index in [2.05, 4.69) is 0 Å². The Morgan fingerprint density at radius 1 is 1.67 bits per heavy atom. The van der Waals surface area contributed by atoms with Crippen LogP contribution in [0.1, 0.15) is 39.0 Å². The highest BCUT2D eigenvalue weighted by atomic mass is 16.5. The molecule has 12 heavy (non-hydrogen) atoms. The minimum absolute atomic E-state index is 0.0828. The summed E-state index contributed by atoms with van der Waals surface area (Å²) in [5, 5.41) is 0. The van der Waals surface area contributed by atoms with E-state index in [1.807, 2.05) is 6.92 Å². The van der Waals surface area contributed by atoms with Crippen LogP contribution in [0.25, 0.3) is 0 Å². The number of carbonyl (C=O) groups is 2. The summed E-state index contributed by atoms with van der Waals surface area (Å²) in [5.74, 6) is -0.155. The van der Waals surface area contributed by atoms with E-state index in [0.29, 0.717) is 19.3 Å². The Balaban J connectivity index is 2.30. The van der Waals surface area contributed by atoms with Gasteiger partial charge in [-0.25, -0.2) is 0 Å². The summed E-state index contributed by atoms with van der Waals surface area (Å²) in [6, 6.07) is 0. The van der Waals surface area contributed by atoms with Crippen LogP contribution >= 0.6 is 0 Å². The minimum Gasteiger partial charge on any atom is -0.454 e. The van der Waals surface area contributed by atoms with E-state index in [4.69, 9.17) is 4.74 Å². The lowest BCUT2D eigenvalue weighted by molar-refractivity contribution is -0.153. The van der Waals surface area contributed by atoms with Crippen LogP contribution in [0.5, 0.6) is 0 Å². The molecule has 0 N–H and O–H groups in total. The van der Waals surface area contributed by atoms with E-state index >= 15 is 0 Å². The largest absolute Gasteiger partial charge is 0.454 e. The fraction of sp³-hybridized carbons (Fsp3) is 0.778. The van der Waals surface area contributed by atoms with E-state index in [1.165, 1.54) is 0 Å². The second-order valence-electron chi connectivity index (χ2n) is 3.09. The third-order valence-corrected chi connectivity index (χ3v) is 1.98. The quantitative estimate of drug-likeness (QED) is 0.602. The molecule has 0 aromatic heterocycles. The summed E-state index contributed by atoms with van der Waals surface area (Å²) in [5.41, 5.74) is 0. The SMILES string of the molecule is CCCC(=O)OC1CCCC1=O. The van der Waals surface area contributed by atoms with Crippen molar-refractivity contribution in [2.75, 3.05) is 0 Å². The summed E-state index contributed by atoms with van der Waals surface area (Å²) in [4.78, 5) is 22.0. The first-order valence-electron chi connectivity index (χ1n) is 4.46. The third kappa shape index (κ3) is 2.32. The van der Waals surface area contributed by atoms with E-state index in [9.17, 15) is 9.59 Å². The molecule has 0 aromatic carbocycles. The van der Waals surface area contributed by atoms with Crippen molar-refractivity contribution in [3.05, 3.63) is 0 Å². The van der Waals surface area contributed by atoms with E-state index in [1.54, 1.807) is 0 Å². The third-order valence-electron chi connectivity index (χ3n) is 1.98.